The van der Waals surface area contributed by atoms with E-state index in [0.717, 1.165) is 17.9 Å². The van der Waals surface area contributed by atoms with Gasteiger partial charge in [0.1, 0.15) is 4.34 Å². The first-order valence-electron chi connectivity index (χ1n) is 3.93. The van der Waals surface area contributed by atoms with Gasteiger partial charge in [0.05, 0.1) is 5.69 Å². The van der Waals surface area contributed by atoms with Gasteiger partial charge in [0.15, 0.2) is 0 Å². The van der Waals surface area contributed by atoms with Crippen molar-refractivity contribution in [2.24, 2.45) is 0 Å². The Balaban J connectivity index is 0.00000144. The van der Waals surface area contributed by atoms with Gasteiger partial charge in [-0.05, 0) is 19.1 Å². The van der Waals surface area contributed by atoms with Crippen molar-refractivity contribution in [1.82, 2.24) is 4.98 Å². The Hall–Kier alpha value is 0.560. The Bertz CT molecular complexity index is 250. The fraction of sp³-hybridized carbons (Fsp3) is 0.625. The molecule has 0 spiro atoms. The van der Waals surface area contributed by atoms with Gasteiger partial charge >= 0.3 is 0 Å². The number of alkyl halides is 1. The highest BCUT2D eigenvalue weighted by atomic mass is 35.5. The number of hydrogen-bond acceptors (Lipinski definition) is 3. The minimum Gasteiger partial charge on any atom is -0.235 e. The molecule has 1 rings (SSSR count). The molecule has 0 saturated carbocycles. The summed E-state index contributed by atoms with van der Waals surface area (Å²) in [6, 6.07) is 0. The second-order valence-corrected chi connectivity index (χ2v) is 5.33. The van der Waals surface area contributed by atoms with Crippen LogP contribution in [0.5, 0.6) is 0 Å². The van der Waals surface area contributed by atoms with Crippen molar-refractivity contribution in [2.75, 3.05) is 11.6 Å². The van der Waals surface area contributed by atoms with E-state index in [9.17, 15) is 0 Å². The second-order valence-electron chi connectivity index (χ2n) is 2.36. The lowest BCUT2D eigenvalue weighted by molar-refractivity contribution is 1.09. The third kappa shape index (κ3) is 4.07. The average molecular weight is 258 g/mol. The van der Waals surface area contributed by atoms with Crippen LogP contribution in [0.1, 0.15) is 17.5 Å². The van der Waals surface area contributed by atoms with Crippen molar-refractivity contribution in [3.63, 3.8) is 0 Å². The van der Waals surface area contributed by atoms with Crippen LogP contribution in [0.2, 0.25) is 0 Å². The molecule has 0 aliphatic carbocycles. The second kappa shape index (κ2) is 6.93. The predicted molar refractivity (Wildman–Crippen MR) is 64.9 cm³/mol. The van der Waals surface area contributed by atoms with Gasteiger partial charge in [-0.3, -0.25) is 0 Å². The molecule has 1 heterocycles. The van der Waals surface area contributed by atoms with E-state index in [4.69, 9.17) is 11.6 Å². The van der Waals surface area contributed by atoms with Gasteiger partial charge in [0.25, 0.3) is 0 Å². The Morgan fingerprint density at radius 2 is 2.23 bits per heavy atom. The first kappa shape index (κ1) is 13.6. The molecule has 0 saturated heterocycles. The molecule has 0 amide bonds. The minimum absolute atomic E-state index is 0. The largest absolute Gasteiger partial charge is 0.235 e. The minimum atomic E-state index is 0. The SMILES string of the molecule is CCSc1nc(C)c(CCCl)s1.Cl. The Labute approximate surface area is 98.7 Å². The molecule has 0 aromatic carbocycles. The van der Waals surface area contributed by atoms with E-state index >= 15 is 0 Å². The normalized spacial score (nSPS) is 9.77. The Morgan fingerprint density at radius 1 is 1.54 bits per heavy atom. The van der Waals surface area contributed by atoms with E-state index in [-0.39, 0.29) is 12.4 Å². The Morgan fingerprint density at radius 3 is 2.77 bits per heavy atom. The summed E-state index contributed by atoms with van der Waals surface area (Å²) in [5.74, 6) is 1.78. The first-order chi connectivity index (χ1) is 5.77. The molecule has 0 atom stereocenters. The molecule has 1 aromatic rings. The molecule has 1 aromatic heterocycles. The highest BCUT2D eigenvalue weighted by Gasteiger charge is 2.05. The number of nitrogens with zero attached hydrogens (tertiary/aromatic N) is 1. The fourth-order valence-corrected chi connectivity index (χ4v) is 3.34. The number of thioether (sulfide) groups is 1. The van der Waals surface area contributed by atoms with Gasteiger partial charge in [-0.25, -0.2) is 4.98 Å². The summed E-state index contributed by atoms with van der Waals surface area (Å²) in [6.07, 6.45) is 0.954. The molecular formula is C8H13Cl2NS2. The lowest BCUT2D eigenvalue weighted by Crippen LogP contribution is -1.83. The smallest absolute Gasteiger partial charge is 0.150 e. The molecule has 0 unspecified atom stereocenters. The molecule has 0 aliphatic rings. The molecule has 0 N–H and O–H groups in total. The number of halogens is 2. The maximum atomic E-state index is 5.67. The molecule has 1 nitrogen and oxygen atoms in total. The maximum Gasteiger partial charge on any atom is 0.150 e. The summed E-state index contributed by atoms with van der Waals surface area (Å²) in [6.45, 7) is 4.20. The molecule has 0 radical (unpaired) electrons. The number of aromatic nitrogens is 1. The summed E-state index contributed by atoms with van der Waals surface area (Å²) in [5.41, 5.74) is 1.15. The zero-order valence-electron chi connectivity index (χ0n) is 7.67. The van der Waals surface area contributed by atoms with Gasteiger partial charge in [0.2, 0.25) is 0 Å². The van der Waals surface area contributed by atoms with E-state index in [0.29, 0.717) is 5.88 Å². The summed E-state index contributed by atoms with van der Waals surface area (Å²) < 4.78 is 1.18. The van der Waals surface area contributed by atoms with Gasteiger partial charge < -0.3 is 0 Å². The molecule has 5 heteroatoms. The van der Waals surface area contributed by atoms with Crippen LogP contribution in [0.3, 0.4) is 0 Å². The van der Waals surface area contributed by atoms with Crippen LogP contribution in [0.15, 0.2) is 4.34 Å². The van der Waals surface area contributed by atoms with Gasteiger partial charge in [-0.1, -0.05) is 18.7 Å². The van der Waals surface area contributed by atoms with Crippen LogP contribution in [-0.2, 0) is 6.42 Å². The third-order valence-corrected chi connectivity index (χ3v) is 3.89. The number of rotatable bonds is 4. The van der Waals surface area contributed by atoms with Crippen molar-refractivity contribution in [3.8, 4) is 0 Å². The highest BCUT2D eigenvalue weighted by Crippen LogP contribution is 2.27. The van der Waals surface area contributed by atoms with E-state index < -0.39 is 0 Å². The molecule has 76 valence electrons. The van der Waals surface area contributed by atoms with Crippen LogP contribution in [-0.4, -0.2) is 16.6 Å². The van der Waals surface area contributed by atoms with Gasteiger partial charge in [-0.2, -0.15) is 0 Å². The van der Waals surface area contributed by atoms with Crippen molar-refractivity contribution < 1.29 is 0 Å². The van der Waals surface area contributed by atoms with Crippen molar-refractivity contribution in [2.45, 2.75) is 24.6 Å². The molecule has 0 bridgehead atoms. The standard InChI is InChI=1S/C8H12ClNS2.ClH/c1-3-11-8-10-6(2)7(12-8)4-5-9;/h3-5H2,1-2H3;1H. The summed E-state index contributed by atoms with van der Waals surface area (Å²) in [5, 5.41) is 0. The average Bonchev–Trinajstić information content (AvgIpc) is 2.34. The monoisotopic (exact) mass is 257 g/mol. The zero-order chi connectivity index (χ0) is 8.97. The van der Waals surface area contributed by atoms with Crippen molar-refractivity contribution >= 4 is 47.1 Å². The summed E-state index contributed by atoms with van der Waals surface area (Å²) in [4.78, 5) is 5.78. The number of aryl methyl sites for hydroxylation is 2. The predicted octanol–water partition coefficient (Wildman–Crippen LogP) is 3.77. The van der Waals surface area contributed by atoms with E-state index in [1.165, 1.54) is 9.22 Å². The van der Waals surface area contributed by atoms with Gasteiger partial charge in [-0.15, -0.1) is 35.3 Å². The summed E-state index contributed by atoms with van der Waals surface area (Å²) >= 11 is 9.24. The van der Waals surface area contributed by atoms with E-state index in [1.54, 1.807) is 23.1 Å². The highest BCUT2D eigenvalue weighted by molar-refractivity contribution is 8.01. The molecule has 0 fully saturated rings. The first-order valence-corrected chi connectivity index (χ1v) is 6.26. The lowest BCUT2D eigenvalue weighted by atomic mass is 10.3. The van der Waals surface area contributed by atoms with Crippen LogP contribution in [0.4, 0.5) is 0 Å². The molecule has 0 aliphatic heterocycles. The Kier molecular flexibility index (Phi) is 7.23. The van der Waals surface area contributed by atoms with E-state index in [1.807, 2.05) is 0 Å². The van der Waals surface area contributed by atoms with E-state index in [2.05, 4.69) is 18.8 Å². The van der Waals surface area contributed by atoms with Crippen molar-refractivity contribution in [3.05, 3.63) is 10.6 Å². The van der Waals surface area contributed by atoms with Gasteiger partial charge in [0, 0.05) is 10.8 Å². The van der Waals surface area contributed by atoms with Crippen LogP contribution in [0.25, 0.3) is 0 Å². The molecular weight excluding hydrogens is 245 g/mol. The zero-order valence-corrected chi connectivity index (χ0v) is 10.9. The van der Waals surface area contributed by atoms with Crippen LogP contribution < -0.4 is 0 Å². The number of thiazole rings is 1. The fourth-order valence-electron chi connectivity index (χ4n) is 0.904. The van der Waals surface area contributed by atoms with Crippen LogP contribution >= 0.6 is 47.1 Å². The molecule has 13 heavy (non-hydrogen) atoms. The van der Waals surface area contributed by atoms with Crippen LogP contribution in [0, 0.1) is 6.92 Å². The summed E-state index contributed by atoms with van der Waals surface area (Å²) in [7, 11) is 0. The third-order valence-electron chi connectivity index (χ3n) is 1.46. The quantitative estimate of drug-likeness (QED) is 0.602. The van der Waals surface area contributed by atoms with Crippen molar-refractivity contribution in [1.29, 1.82) is 0 Å². The number of hydrogen-bond donors (Lipinski definition) is 0. The maximum absolute atomic E-state index is 5.67. The lowest BCUT2D eigenvalue weighted by Gasteiger charge is -1.89. The topological polar surface area (TPSA) is 12.9 Å².